The molecular weight excluding hydrogens is 274 g/mol. The van der Waals surface area contributed by atoms with Gasteiger partial charge in [-0.2, -0.15) is 0 Å². The lowest BCUT2D eigenvalue weighted by Gasteiger charge is -2.38. The minimum absolute atomic E-state index is 0.294. The second-order valence-electron chi connectivity index (χ2n) is 5.69. The van der Waals surface area contributed by atoms with E-state index in [1.165, 1.54) is 0 Å². The lowest BCUT2D eigenvalue weighted by molar-refractivity contribution is -0.146. The summed E-state index contributed by atoms with van der Waals surface area (Å²) in [5, 5.41) is 14.2. The first-order valence-corrected chi connectivity index (χ1v) is 8.00. The van der Waals surface area contributed by atoms with Crippen LogP contribution in [-0.4, -0.2) is 37.9 Å². The molecule has 2 fully saturated rings. The average Bonchev–Trinajstić information content (AvgIpc) is 3.24. The number of nitrogens with zero attached hydrogens (tertiary/aromatic N) is 2. The van der Waals surface area contributed by atoms with Crippen LogP contribution in [0.2, 0.25) is 0 Å². The minimum atomic E-state index is -0.737. The maximum absolute atomic E-state index is 11.7. The van der Waals surface area contributed by atoms with Crippen LogP contribution in [0.5, 0.6) is 0 Å². The number of nitrogens with one attached hydrogen (secondary N) is 1. The van der Waals surface area contributed by atoms with Gasteiger partial charge in [0, 0.05) is 23.7 Å². The van der Waals surface area contributed by atoms with E-state index in [0.29, 0.717) is 17.7 Å². The minimum Gasteiger partial charge on any atom is -0.480 e. The number of hydrogen-bond acceptors (Lipinski definition) is 5. The number of aromatic nitrogens is 2. The summed E-state index contributed by atoms with van der Waals surface area (Å²) in [6.45, 7) is 0. The molecule has 0 radical (unpaired) electrons. The molecule has 3 rings (SSSR count). The zero-order chi connectivity index (χ0) is 14.0. The largest absolute Gasteiger partial charge is 0.480 e. The third-order valence-corrected chi connectivity index (χ3v) is 5.19. The second kappa shape index (κ2) is 5.69. The van der Waals surface area contributed by atoms with E-state index in [1.54, 1.807) is 30.4 Å². The van der Waals surface area contributed by atoms with Crippen LogP contribution in [0.25, 0.3) is 0 Å². The molecule has 2 aliphatic rings. The molecule has 2 N–H and O–H groups in total. The van der Waals surface area contributed by atoms with Crippen molar-refractivity contribution in [2.24, 2.45) is 0 Å². The smallest absolute Gasteiger partial charge is 0.323 e. The molecule has 0 bridgehead atoms. The first kappa shape index (κ1) is 13.8. The van der Waals surface area contributed by atoms with Crippen LogP contribution in [-0.2, 0) is 4.79 Å². The molecule has 1 heterocycles. The summed E-state index contributed by atoms with van der Waals surface area (Å²) in [6, 6.07) is 0.409. The lowest BCUT2D eigenvalue weighted by Crippen LogP contribution is -2.56. The molecule has 0 aliphatic heterocycles. The molecule has 2 saturated carbocycles. The summed E-state index contributed by atoms with van der Waals surface area (Å²) < 4.78 is 0. The van der Waals surface area contributed by atoms with Crippen molar-refractivity contribution in [1.82, 2.24) is 15.3 Å². The fraction of sp³-hybridized carbons (Fsp3) is 0.643. The van der Waals surface area contributed by atoms with Crippen molar-refractivity contribution in [2.75, 3.05) is 0 Å². The Hall–Kier alpha value is -1.14. The van der Waals surface area contributed by atoms with Gasteiger partial charge in [0.15, 0.2) is 0 Å². The van der Waals surface area contributed by atoms with Gasteiger partial charge < -0.3 is 5.11 Å². The first-order chi connectivity index (χ1) is 9.68. The summed E-state index contributed by atoms with van der Waals surface area (Å²) in [5.41, 5.74) is -0.737. The molecule has 6 heteroatoms. The summed E-state index contributed by atoms with van der Waals surface area (Å²) in [7, 11) is 0. The van der Waals surface area contributed by atoms with E-state index in [4.69, 9.17) is 0 Å². The van der Waals surface area contributed by atoms with E-state index in [1.807, 2.05) is 0 Å². The van der Waals surface area contributed by atoms with Crippen molar-refractivity contribution in [3.05, 3.63) is 18.6 Å². The van der Waals surface area contributed by atoms with E-state index in [9.17, 15) is 9.90 Å². The normalized spacial score (nSPS) is 30.1. The zero-order valence-corrected chi connectivity index (χ0v) is 12.1. The fourth-order valence-electron chi connectivity index (χ4n) is 2.85. The molecular formula is C14H19N3O2S. The predicted octanol–water partition coefficient (Wildman–Crippen LogP) is 2.09. The van der Waals surface area contributed by atoms with E-state index < -0.39 is 11.5 Å². The molecule has 108 valence electrons. The molecule has 20 heavy (non-hydrogen) atoms. The van der Waals surface area contributed by atoms with Crippen LogP contribution < -0.4 is 5.32 Å². The summed E-state index contributed by atoms with van der Waals surface area (Å²) in [4.78, 5) is 20.1. The van der Waals surface area contributed by atoms with E-state index in [-0.39, 0.29) is 0 Å². The Morgan fingerprint density at radius 1 is 1.40 bits per heavy atom. The van der Waals surface area contributed by atoms with E-state index in [2.05, 4.69) is 15.3 Å². The number of thioether (sulfide) groups is 1. The molecule has 1 aromatic rings. The van der Waals surface area contributed by atoms with Gasteiger partial charge in [0.1, 0.15) is 10.6 Å². The summed E-state index contributed by atoms with van der Waals surface area (Å²) >= 11 is 1.65. The van der Waals surface area contributed by atoms with Crippen LogP contribution >= 0.6 is 11.8 Å². The lowest BCUT2D eigenvalue weighted by atomic mass is 9.81. The SMILES string of the molecule is O=C(O)C1(NC2CC2)CCCC(Sc2cnccn2)C1. The van der Waals surface area contributed by atoms with Crippen LogP contribution in [0.1, 0.15) is 38.5 Å². The van der Waals surface area contributed by atoms with Crippen LogP contribution in [0.3, 0.4) is 0 Å². The highest BCUT2D eigenvalue weighted by molar-refractivity contribution is 7.99. The van der Waals surface area contributed by atoms with Crippen molar-refractivity contribution in [3.8, 4) is 0 Å². The monoisotopic (exact) mass is 293 g/mol. The van der Waals surface area contributed by atoms with Gasteiger partial charge in [0.2, 0.25) is 0 Å². The maximum Gasteiger partial charge on any atom is 0.323 e. The first-order valence-electron chi connectivity index (χ1n) is 7.12. The number of aliphatic carboxylic acids is 1. The topological polar surface area (TPSA) is 75.1 Å². The van der Waals surface area contributed by atoms with Gasteiger partial charge >= 0.3 is 5.97 Å². The summed E-state index contributed by atoms with van der Waals surface area (Å²) in [5.74, 6) is -0.700. The Morgan fingerprint density at radius 2 is 2.25 bits per heavy atom. The number of carboxylic acids is 1. The molecule has 0 spiro atoms. The molecule has 5 nitrogen and oxygen atoms in total. The average molecular weight is 293 g/mol. The van der Waals surface area contributed by atoms with E-state index >= 15 is 0 Å². The molecule has 2 unspecified atom stereocenters. The Morgan fingerprint density at radius 3 is 2.90 bits per heavy atom. The van der Waals surface area contributed by atoms with E-state index in [0.717, 1.165) is 37.1 Å². The van der Waals surface area contributed by atoms with Gasteiger partial charge in [-0.15, -0.1) is 11.8 Å². The fourth-order valence-corrected chi connectivity index (χ4v) is 4.08. The Bertz CT molecular complexity index is 481. The van der Waals surface area contributed by atoms with Crippen molar-refractivity contribution in [3.63, 3.8) is 0 Å². The quantitative estimate of drug-likeness (QED) is 0.866. The van der Waals surface area contributed by atoms with Crippen LogP contribution in [0, 0.1) is 0 Å². The summed E-state index contributed by atoms with van der Waals surface area (Å²) in [6.07, 6.45) is 10.7. The second-order valence-corrected chi connectivity index (χ2v) is 7.01. The Labute approximate surface area is 122 Å². The van der Waals surface area contributed by atoms with Gasteiger partial charge in [-0.05, 0) is 38.5 Å². The highest BCUT2D eigenvalue weighted by Gasteiger charge is 2.46. The molecule has 0 amide bonds. The maximum atomic E-state index is 11.7. The van der Waals surface area contributed by atoms with Gasteiger partial charge in [0.25, 0.3) is 0 Å². The number of carboxylic acid groups (broad SMARTS) is 1. The molecule has 2 atom stereocenters. The highest BCUT2D eigenvalue weighted by atomic mass is 32.2. The third-order valence-electron chi connectivity index (χ3n) is 4.00. The number of carbonyl (C=O) groups is 1. The standard InChI is InChI=1S/C14H19N3O2S/c18-13(19)14(17-10-3-4-10)5-1-2-11(8-14)20-12-9-15-6-7-16-12/h6-7,9-11,17H,1-5,8H2,(H,18,19). The third kappa shape index (κ3) is 3.12. The molecule has 2 aliphatic carbocycles. The Kier molecular flexibility index (Phi) is 3.94. The van der Waals surface area contributed by atoms with Crippen molar-refractivity contribution in [2.45, 2.75) is 60.4 Å². The van der Waals surface area contributed by atoms with Gasteiger partial charge in [0.05, 0.1) is 6.20 Å². The predicted molar refractivity (Wildman–Crippen MR) is 76.7 cm³/mol. The molecule has 0 aromatic carbocycles. The number of rotatable bonds is 5. The van der Waals surface area contributed by atoms with Crippen molar-refractivity contribution in [1.29, 1.82) is 0 Å². The van der Waals surface area contributed by atoms with Crippen molar-refractivity contribution >= 4 is 17.7 Å². The van der Waals surface area contributed by atoms with Gasteiger partial charge in [-0.3, -0.25) is 15.1 Å². The van der Waals surface area contributed by atoms with Crippen LogP contribution in [0.15, 0.2) is 23.6 Å². The Balaban J connectivity index is 1.69. The highest BCUT2D eigenvalue weighted by Crippen LogP contribution is 2.39. The molecule has 1 aromatic heterocycles. The molecule has 0 saturated heterocycles. The number of hydrogen-bond donors (Lipinski definition) is 2. The van der Waals surface area contributed by atoms with Gasteiger partial charge in [-0.25, -0.2) is 4.98 Å². The van der Waals surface area contributed by atoms with Crippen molar-refractivity contribution < 1.29 is 9.90 Å². The van der Waals surface area contributed by atoms with Gasteiger partial charge in [-0.1, -0.05) is 0 Å². The zero-order valence-electron chi connectivity index (χ0n) is 11.3. The van der Waals surface area contributed by atoms with Crippen LogP contribution in [0.4, 0.5) is 0 Å².